The maximum Gasteiger partial charge on any atom is 0.316 e. The number of rotatable bonds is 5. The lowest BCUT2D eigenvalue weighted by atomic mass is 10.1. The fraction of sp³-hybridized carbons (Fsp3) is 0.300. The van der Waals surface area contributed by atoms with Crippen LogP contribution in [0.25, 0.3) is 11.4 Å². The molecule has 3 heterocycles. The molecular formula is C20H21N5O2. The number of carbonyl (C=O) groups excluding carboxylic acids is 1. The summed E-state index contributed by atoms with van der Waals surface area (Å²) in [6.45, 7) is 3.93. The van der Waals surface area contributed by atoms with Crippen LogP contribution in [-0.2, 0) is 0 Å². The lowest BCUT2D eigenvalue weighted by molar-refractivity contribution is 0.0895. The second-order valence-corrected chi connectivity index (χ2v) is 6.63. The van der Waals surface area contributed by atoms with Crippen LogP contribution in [0, 0.1) is 0 Å². The van der Waals surface area contributed by atoms with Crippen LogP contribution in [0.3, 0.4) is 0 Å². The molecule has 0 saturated carbocycles. The zero-order chi connectivity index (χ0) is 18.6. The minimum atomic E-state index is -0.390. The number of nitrogens with zero attached hydrogens (tertiary/aromatic N) is 4. The Hall–Kier alpha value is -3.22. The van der Waals surface area contributed by atoms with Crippen molar-refractivity contribution in [3.05, 3.63) is 60.1 Å². The molecule has 1 amide bonds. The van der Waals surface area contributed by atoms with Gasteiger partial charge in [-0.05, 0) is 37.5 Å². The van der Waals surface area contributed by atoms with Crippen molar-refractivity contribution in [3.63, 3.8) is 0 Å². The Bertz CT molecular complexity index is 919. The third-order valence-electron chi connectivity index (χ3n) is 4.70. The molecule has 3 aromatic rings. The maximum atomic E-state index is 12.4. The number of benzene rings is 1. The largest absolute Gasteiger partial charge is 0.357 e. The summed E-state index contributed by atoms with van der Waals surface area (Å²) < 4.78 is 5.18. The summed E-state index contributed by atoms with van der Waals surface area (Å²) in [7, 11) is 0. The molecule has 7 heteroatoms. The number of anilines is 1. The molecule has 1 fully saturated rings. The van der Waals surface area contributed by atoms with Gasteiger partial charge in [-0.3, -0.25) is 4.79 Å². The second-order valence-electron chi connectivity index (χ2n) is 6.63. The molecule has 1 aromatic carbocycles. The average molecular weight is 363 g/mol. The van der Waals surface area contributed by atoms with Crippen molar-refractivity contribution in [3.8, 4) is 11.4 Å². The van der Waals surface area contributed by atoms with Crippen molar-refractivity contribution in [2.45, 2.75) is 25.8 Å². The van der Waals surface area contributed by atoms with Crippen molar-refractivity contribution in [2.24, 2.45) is 0 Å². The number of hydrogen-bond acceptors (Lipinski definition) is 6. The standard InChI is InChI=1S/C20H21N5O2/c1-14(15-7-3-2-4-8-15)22-19(26)20-23-18(24-27-20)16-9-10-21-17(13-16)25-11-5-6-12-25/h2-4,7-10,13-14H,5-6,11-12H2,1H3,(H,22,26)/t14-/m0/s1. The number of carbonyl (C=O) groups is 1. The van der Waals surface area contributed by atoms with Crippen LogP contribution in [0.4, 0.5) is 5.82 Å². The molecule has 1 atom stereocenters. The molecule has 0 radical (unpaired) electrons. The molecule has 1 aliphatic rings. The number of aromatic nitrogens is 3. The van der Waals surface area contributed by atoms with Gasteiger partial charge in [0.05, 0.1) is 6.04 Å². The van der Waals surface area contributed by atoms with Gasteiger partial charge in [0.25, 0.3) is 0 Å². The van der Waals surface area contributed by atoms with Crippen LogP contribution in [0.15, 0.2) is 53.2 Å². The molecule has 4 rings (SSSR count). The quantitative estimate of drug-likeness (QED) is 0.749. The monoisotopic (exact) mass is 363 g/mol. The lowest BCUT2D eigenvalue weighted by Crippen LogP contribution is -2.26. The van der Waals surface area contributed by atoms with E-state index in [1.807, 2.05) is 49.4 Å². The normalized spacial score (nSPS) is 14.9. The van der Waals surface area contributed by atoms with Crippen molar-refractivity contribution in [2.75, 3.05) is 18.0 Å². The zero-order valence-electron chi connectivity index (χ0n) is 15.1. The van der Waals surface area contributed by atoms with Crippen molar-refractivity contribution in [1.82, 2.24) is 20.4 Å². The molecule has 2 aromatic heterocycles. The minimum absolute atomic E-state index is 0.0488. The van der Waals surface area contributed by atoms with E-state index in [1.165, 1.54) is 12.8 Å². The summed E-state index contributed by atoms with van der Waals surface area (Å²) in [5.74, 6) is 0.847. The fourth-order valence-corrected chi connectivity index (χ4v) is 3.19. The summed E-state index contributed by atoms with van der Waals surface area (Å²) in [4.78, 5) is 23.3. The third-order valence-corrected chi connectivity index (χ3v) is 4.70. The third kappa shape index (κ3) is 3.81. The van der Waals surface area contributed by atoms with Crippen LogP contribution in [0.1, 0.15) is 42.1 Å². The second kappa shape index (κ2) is 7.57. The van der Waals surface area contributed by atoms with Gasteiger partial charge in [-0.1, -0.05) is 35.5 Å². The Labute approximate surface area is 157 Å². The van der Waals surface area contributed by atoms with Crippen LogP contribution in [0.2, 0.25) is 0 Å². The van der Waals surface area contributed by atoms with Gasteiger partial charge in [-0.15, -0.1) is 0 Å². The summed E-state index contributed by atoms with van der Waals surface area (Å²) in [5.41, 5.74) is 1.79. The minimum Gasteiger partial charge on any atom is -0.357 e. The smallest absolute Gasteiger partial charge is 0.316 e. The first-order valence-corrected chi connectivity index (χ1v) is 9.11. The van der Waals surface area contributed by atoms with Crippen molar-refractivity contribution in [1.29, 1.82) is 0 Å². The van der Waals surface area contributed by atoms with Gasteiger partial charge in [-0.2, -0.15) is 4.98 Å². The molecule has 7 nitrogen and oxygen atoms in total. The van der Waals surface area contributed by atoms with Gasteiger partial charge >= 0.3 is 11.8 Å². The number of pyridine rings is 1. The summed E-state index contributed by atoms with van der Waals surface area (Å²) >= 11 is 0. The van der Waals surface area contributed by atoms with E-state index in [-0.39, 0.29) is 17.8 Å². The Morgan fingerprint density at radius 3 is 2.74 bits per heavy atom. The predicted octanol–water partition coefficient (Wildman–Crippen LogP) is 3.22. The van der Waals surface area contributed by atoms with Crippen LogP contribution >= 0.6 is 0 Å². The van der Waals surface area contributed by atoms with Gasteiger partial charge in [0.15, 0.2) is 0 Å². The van der Waals surface area contributed by atoms with Gasteiger partial charge in [0, 0.05) is 24.8 Å². The molecule has 27 heavy (non-hydrogen) atoms. The van der Waals surface area contributed by atoms with Gasteiger partial charge in [-0.25, -0.2) is 4.98 Å². The van der Waals surface area contributed by atoms with E-state index in [2.05, 4.69) is 25.3 Å². The Balaban J connectivity index is 1.48. The first-order valence-electron chi connectivity index (χ1n) is 9.11. The number of nitrogens with one attached hydrogen (secondary N) is 1. The van der Waals surface area contributed by atoms with Crippen LogP contribution in [0.5, 0.6) is 0 Å². The van der Waals surface area contributed by atoms with Crippen molar-refractivity contribution >= 4 is 11.7 Å². The highest BCUT2D eigenvalue weighted by molar-refractivity contribution is 5.90. The van der Waals surface area contributed by atoms with Crippen molar-refractivity contribution < 1.29 is 9.32 Å². The molecule has 0 bridgehead atoms. The van der Waals surface area contributed by atoms with Crippen LogP contribution < -0.4 is 10.2 Å². The highest BCUT2D eigenvalue weighted by Gasteiger charge is 2.20. The topological polar surface area (TPSA) is 84.2 Å². The van der Waals surface area contributed by atoms with Crippen LogP contribution in [-0.4, -0.2) is 34.1 Å². The zero-order valence-corrected chi connectivity index (χ0v) is 15.1. The molecule has 0 spiro atoms. The summed E-state index contributed by atoms with van der Waals surface area (Å²) in [5, 5.41) is 6.84. The Morgan fingerprint density at radius 1 is 1.19 bits per heavy atom. The van der Waals surface area contributed by atoms with E-state index < -0.39 is 0 Å². The predicted molar refractivity (Wildman–Crippen MR) is 101 cm³/mol. The van der Waals surface area contributed by atoms with Gasteiger partial charge in [0.1, 0.15) is 5.82 Å². The van der Waals surface area contributed by atoms with E-state index in [4.69, 9.17) is 4.52 Å². The molecule has 138 valence electrons. The fourth-order valence-electron chi connectivity index (χ4n) is 3.19. The molecule has 0 aliphatic carbocycles. The van der Waals surface area contributed by atoms with E-state index >= 15 is 0 Å². The molecular weight excluding hydrogens is 342 g/mol. The first-order chi connectivity index (χ1) is 13.2. The van der Waals surface area contributed by atoms with E-state index in [1.54, 1.807) is 6.20 Å². The Kier molecular flexibility index (Phi) is 4.82. The highest BCUT2D eigenvalue weighted by Crippen LogP contribution is 2.23. The van der Waals surface area contributed by atoms with Gasteiger partial charge < -0.3 is 14.7 Å². The molecule has 1 N–H and O–H groups in total. The lowest BCUT2D eigenvalue weighted by Gasteiger charge is -2.16. The van der Waals surface area contributed by atoms with Gasteiger partial charge in [0.2, 0.25) is 5.82 Å². The molecule has 0 unspecified atom stereocenters. The number of amides is 1. The summed E-state index contributed by atoms with van der Waals surface area (Å²) in [6.07, 6.45) is 4.09. The maximum absolute atomic E-state index is 12.4. The van der Waals surface area contributed by atoms with E-state index in [9.17, 15) is 4.79 Å². The SMILES string of the molecule is C[C@H](NC(=O)c1nc(-c2ccnc(N3CCCC3)c2)no1)c1ccccc1. The highest BCUT2D eigenvalue weighted by atomic mass is 16.5. The first kappa shape index (κ1) is 17.2. The molecule has 1 aliphatic heterocycles. The average Bonchev–Trinajstić information content (AvgIpc) is 3.41. The van der Waals surface area contributed by atoms with E-state index in [0.29, 0.717) is 5.82 Å². The number of hydrogen-bond donors (Lipinski definition) is 1. The van der Waals surface area contributed by atoms with E-state index in [0.717, 1.165) is 30.0 Å². The molecule has 1 saturated heterocycles. The summed E-state index contributed by atoms with van der Waals surface area (Å²) in [6, 6.07) is 13.3. The Morgan fingerprint density at radius 2 is 1.96 bits per heavy atom.